The molecule has 1 unspecified atom stereocenters. The molecule has 118 valence electrons. The summed E-state index contributed by atoms with van der Waals surface area (Å²) in [6, 6.07) is 4.82. The predicted octanol–water partition coefficient (Wildman–Crippen LogP) is 3.65. The summed E-state index contributed by atoms with van der Waals surface area (Å²) in [5.74, 6) is 0. The number of rotatable bonds is 5. The van der Waals surface area contributed by atoms with E-state index in [1.54, 1.807) is 13.0 Å². The van der Waals surface area contributed by atoms with Gasteiger partial charge in [-0.3, -0.25) is 14.9 Å². The predicted molar refractivity (Wildman–Crippen MR) is 88.6 cm³/mol. The third-order valence-corrected chi connectivity index (χ3v) is 4.46. The smallest absolute Gasteiger partial charge is 0.269 e. The summed E-state index contributed by atoms with van der Waals surface area (Å²) < 4.78 is 0. The topological polar surface area (TPSA) is 75.8 Å². The van der Waals surface area contributed by atoms with Crippen molar-refractivity contribution < 1.29 is 9.72 Å². The number of nitro groups is 1. The fraction of sp³-hybridized carbons (Fsp3) is 0.467. The minimum Gasteiger partial charge on any atom is -0.340 e. The molecule has 0 amide bonds. The Morgan fingerprint density at radius 1 is 1.50 bits per heavy atom. The van der Waals surface area contributed by atoms with E-state index in [1.807, 2.05) is 4.90 Å². The second-order valence-corrected chi connectivity index (χ2v) is 6.39. The number of nitrogens with zero attached hydrogens (tertiary/aromatic N) is 3. The van der Waals surface area contributed by atoms with Crippen LogP contribution in [-0.2, 0) is 4.79 Å². The van der Waals surface area contributed by atoms with Crippen molar-refractivity contribution in [2.75, 3.05) is 6.54 Å². The Labute approximate surface area is 133 Å². The molecule has 0 N–H and O–H groups in total. The van der Waals surface area contributed by atoms with E-state index in [4.69, 9.17) is 0 Å². The van der Waals surface area contributed by atoms with E-state index in [9.17, 15) is 14.9 Å². The van der Waals surface area contributed by atoms with Crippen LogP contribution in [0.15, 0.2) is 23.2 Å². The summed E-state index contributed by atoms with van der Waals surface area (Å²) in [5, 5.41) is 11.5. The van der Waals surface area contributed by atoms with Gasteiger partial charge in [0.05, 0.1) is 17.2 Å². The van der Waals surface area contributed by atoms with Gasteiger partial charge in [-0.15, -0.1) is 0 Å². The zero-order valence-electron chi connectivity index (χ0n) is 12.9. The molecule has 1 heterocycles. The van der Waals surface area contributed by atoms with Gasteiger partial charge in [0, 0.05) is 18.2 Å². The van der Waals surface area contributed by atoms with Crippen LogP contribution in [0.4, 0.5) is 11.4 Å². The van der Waals surface area contributed by atoms with E-state index < -0.39 is 4.92 Å². The first-order valence-electron chi connectivity index (χ1n) is 7.23. The summed E-state index contributed by atoms with van der Waals surface area (Å²) >= 11 is 1.15. The molecule has 1 aromatic rings. The molecule has 1 fully saturated rings. The highest BCUT2D eigenvalue weighted by Crippen LogP contribution is 2.29. The lowest BCUT2D eigenvalue weighted by atomic mass is 10.1. The van der Waals surface area contributed by atoms with Gasteiger partial charge in [0.1, 0.15) is 0 Å². The van der Waals surface area contributed by atoms with Crippen LogP contribution in [0, 0.1) is 17.0 Å². The van der Waals surface area contributed by atoms with Crippen molar-refractivity contribution in [3.05, 3.63) is 33.9 Å². The van der Waals surface area contributed by atoms with Crippen molar-refractivity contribution in [2.45, 2.75) is 39.7 Å². The van der Waals surface area contributed by atoms with Gasteiger partial charge < -0.3 is 4.90 Å². The molecule has 0 aromatic heterocycles. The molecule has 0 saturated carbocycles. The third kappa shape index (κ3) is 3.65. The summed E-state index contributed by atoms with van der Waals surface area (Å²) in [6.45, 7) is 6.35. The number of carbonyl (C=O) groups is 1. The minimum atomic E-state index is -0.423. The zero-order chi connectivity index (χ0) is 16.3. The van der Waals surface area contributed by atoms with Crippen LogP contribution < -0.4 is 0 Å². The number of aryl methyl sites for hydroxylation is 1. The Kier molecular flexibility index (Phi) is 5.18. The highest BCUT2D eigenvalue weighted by Gasteiger charge is 2.30. The van der Waals surface area contributed by atoms with E-state index in [0.29, 0.717) is 17.4 Å². The van der Waals surface area contributed by atoms with Crippen LogP contribution in [0.2, 0.25) is 0 Å². The van der Waals surface area contributed by atoms with Crippen LogP contribution in [0.5, 0.6) is 0 Å². The van der Waals surface area contributed by atoms with Gasteiger partial charge in [-0.1, -0.05) is 13.3 Å². The molecule has 1 saturated heterocycles. The zero-order valence-corrected chi connectivity index (χ0v) is 13.7. The first-order valence-corrected chi connectivity index (χ1v) is 8.05. The average Bonchev–Trinajstić information content (AvgIpc) is 2.82. The molecule has 1 atom stereocenters. The second-order valence-electron chi connectivity index (χ2n) is 5.36. The first-order chi connectivity index (χ1) is 10.4. The Balaban J connectivity index is 2.30. The third-order valence-electron chi connectivity index (χ3n) is 3.60. The number of amidine groups is 1. The highest BCUT2D eigenvalue weighted by molar-refractivity contribution is 8.26. The molecule has 6 nitrogen and oxygen atoms in total. The first kappa shape index (κ1) is 16.5. The van der Waals surface area contributed by atoms with Crippen molar-refractivity contribution in [2.24, 2.45) is 4.99 Å². The largest absolute Gasteiger partial charge is 0.340 e. The Morgan fingerprint density at radius 2 is 2.23 bits per heavy atom. The average molecular weight is 321 g/mol. The van der Waals surface area contributed by atoms with E-state index in [2.05, 4.69) is 18.8 Å². The van der Waals surface area contributed by atoms with Crippen molar-refractivity contribution in [3.8, 4) is 0 Å². The van der Waals surface area contributed by atoms with Crippen LogP contribution in [0.25, 0.3) is 0 Å². The fourth-order valence-electron chi connectivity index (χ4n) is 2.39. The summed E-state index contributed by atoms with van der Waals surface area (Å²) in [6.07, 6.45) is 2.03. The monoisotopic (exact) mass is 321 g/mol. The van der Waals surface area contributed by atoms with E-state index >= 15 is 0 Å². The number of aliphatic imine (C=N–C) groups is 1. The minimum absolute atomic E-state index is 0.0489. The van der Waals surface area contributed by atoms with Crippen LogP contribution in [0.3, 0.4) is 0 Å². The molecule has 1 aromatic carbocycles. The lowest BCUT2D eigenvalue weighted by Gasteiger charge is -2.24. The quantitative estimate of drug-likeness (QED) is 0.611. The summed E-state index contributed by atoms with van der Waals surface area (Å²) in [4.78, 5) is 28.7. The molecular weight excluding hydrogens is 302 g/mol. The van der Waals surface area contributed by atoms with Crippen LogP contribution >= 0.6 is 11.8 Å². The van der Waals surface area contributed by atoms with Gasteiger partial charge in [-0.05, 0) is 43.7 Å². The van der Waals surface area contributed by atoms with Gasteiger partial charge in [-0.25, -0.2) is 4.99 Å². The number of benzene rings is 1. The molecule has 0 aliphatic carbocycles. The van der Waals surface area contributed by atoms with Gasteiger partial charge >= 0.3 is 0 Å². The number of hydrogen-bond donors (Lipinski definition) is 0. The maximum atomic E-state index is 11.7. The maximum Gasteiger partial charge on any atom is 0.269 e. The molecule has 1 aliphatic heterocycles. The number of thioether (sulfide) groups is 1. The van der Waals surface area contributed by atoms with Gasteiger partial charge in [-0.2, -0.15) is 0 Å². The van der Waals surface area contributed by atoms with Gasteiger partial charge in [0.2, 0.25) is 5.12 Å². The van der Waals surface area contributed by atoms with Crippen molar-refractivity contribution in [1.82, 2.24) is 4.90 Å². The molecule has 0 spiro atoms. The number of carbonyl (C=O) groups excluding carboxylic acids is 1. The van der Waals surface area contributed by atoms with Crippen molar-refractivity contribution in [3.63, 3.8) is 0 Å². The molecule has 2 rings (SSSR count). The standard InChI is InChI=1S/C15H19N3O3S/c1-4-5-11(3)17-9-14(19)22-15(17)16-13-7-6-12(18(20)21)8-10(13)2/h6-8,11H,4-5,9H2,1-3H3. The Bertz CT molecular complexity index is 630. The second kappa shape index (κ2) is 6.91. The number of hydrogen-bond acceptors (Lipinski definition) is 5. The van der Waals surface area contributed by atoms with E-state index in [1.165, 1.54) is 12.1 Å². The van der Waals surface area contributed by atoms with Crippen LogP contribution in [-0.4, -0.2) is 32.7 Å². The normalized spacial score (nSPS) is 18.0. The van der Waals surface area contributed by atoms with Crippen LogP contribution in [0.1, 0.15) is 32.3 Å². The maximum absolute atomic E-state index is 11.7. The molecule has 7 heteroatoms. The fourth-order valence-corrected chi connectivity index (χ4v) is 3.30. The SMILES string of the molecule is CCCC(C)N1CC(=O)SC1=Nc1ccc([N+](=O)[O-])cc1C. The Hall–Kier alpha value is -1.89. The van der Waals surface area contributed by atoms with Crippen molar-refractivity contribution in [1.29, 1.82) is 0 Å². The Morgan fingerprint density at radius 3 is 2.82 bits per heavy atom. The van der Waals surface area contributed by atoms with Gasteiger partial charge in [0.15, 0.2) is 5.17 Å². The lowest BCUT2D eigenvalue weighted by Crippen LogP contribution is -2.34. The summed E-state index contributed by atoms with van der Waals surface area (Å²) in [5.41, 5.74) is 1.44. The molecular formula is C15H19N3O3S. The molecule has 0 radical (unpaired) electrons. The van der Waals surface area contributed by atoms with E-state index in [0.717, 1.165) is 30.2 Å². The molecule has 0 bridgehead atoms. The number of non-ortho nitro benzene ring substituents is 1. The van der Waals surface area contributed by atoms with E-state index in [-0.39, 0.29) is 16.8 Å². The molecule has 22 heavy (non-hydrogen) atoms. The number of nitro benzene ring substituents is 1. The highest BCUT2D eigenvalue weighted by atomic mass is 32.2. The van der Waals surface area contributed by atoms with Gasteiger partial charge in [0.25, 0.3) is 5.69 Å². The van der Waals surface area contributed by atoms with Crippen molar-refractivity contribution >= 4 is 33.4 Å². The molecule has 1 aliphatic rings. The lowest BCUT2D eigenvalue weighted by molar-refractivity contribution is -0.384. The summed E-state index contributed by atoms with van der Waals surface area (Å²) in [7, 11) is 0.